The number of carbonyl (C=O) groups is 1. The van der Waals surface area contributed by atoms with Gasteiger partial charge in [-0.1, -0.05) is 6.07 Å². The summed E-state index contributed by atoms with van der Waals surface area (Å²) in [5.41, 5.74) is 0.122. The third-order valence-electron chi connectivity index (χ3n) is 3.52. The Kier molecular flexibility index (Phi) is 7.86. The number of benzene rings is 2. The van der Waals surface area contributed by atoms with E-state index >= 15 is 0 Å². The molecule has 10 nitrogen and oxygen atoms in total. The fraction of sp³-hybridized carbons (Fsp3) is 0. The molecule has 0 saturated heterocycles. The molecule has 0 fully saturated rings. The first-order valence-electron chi connectivity index (χ1n) is 8.10. The monoisotopic (exact) mass is 557 g/mol. The van der Waals surface area contributed by atoms with Crippen LogP contribution in [0, 0.1) is 5.82 Å². The average molecular weight is 558 g/mol. The van der Waals surface area contributed by atoms with Gasteiger partial charge in [0.25, 0.3) is 10.0 Å². The molecule has 31 heavy (non-hydrogen) atoms. The zero-order valence-electron chi connectivity index (χ0n) is 15.2. The number of hydrogen-bond donors (Lipinski definition) is 2. The maximum absolute atomic E-state index is 12.9. The van der Waals surface area contributed by atoms with E-state index in [0.717, 1.165) is 24.3 Å². The van der Waals surface area contributed by atoms with E-state index in [-0.39, 0.29) is 43.8 Å². The second-order valence-corrected chi connectivity index (χ2v) is 8.94. The molecular weight excluding hydrogens is 545 g/mol. The van der Waals surface area contributed by atoms with Crippen LogP contribution in [0.1, 0.15) is 0 Å². The van der Waals surface area contributed by atoms with Gasteiger partial charge in [0.05, 0.1) is 9.79 Å². The van der Waals surface area contributed by atoms with Gasteiger partial charge in [-0.15, -0.1) is 0 Å². The molecule has 0 aliphatic carbocycles. The largest absolute Gasteiger partial charge is 1.00 e. The minimum Gasteiger partial charge on any atom is -0.366 e. The predicted molar refractivity (Wildman–Crippen MR) is 104 cm³/mol. The number of urea groups is 1. The number of rotatable bonds is 6. The van der Waals surface area contributed by atoms with Crippen LogP contribution in [-0.4, -0.2) is 32.8 Å². The molecule has 2 N–H and O–H groups in total. The van der Waals surface area contributed by atoms with Crippen LogP contribution in [0.15, 0.2) is 76.8 Å². The summed E-state index contributed by atoms with van der Waals surface area (Å²) in [6.45, 7) is 0. The number of nitrogens with zero attached hydrogens (tertiary/aromatic N) is 3. The molecule has 0 aliphatic rings. The number of anilines is 1. The summed E-state index contributed by atoms with van der Waals surface area (Å²) in [6.07, 6.45) is 2.68. The summed E-state index contributed by atoms with van der Waals surface area (Å²) in [6, 6.07) is 9.16. The standard InChI is InChI=1S/C17H14FN5O5S2.Ag/c18-12-2-6-14(7-3-12)30(27,28)23-17(24)21-13-4-8-15(9-5-13)29(25,26)22-16-19-10-1-11-20-16;/h1-11H,(H3,19,20,21,22,23,24);/q;+1/p-1. The van der Waals surface area contributed by atoms with Gasteiger partial charge in [-0.2, -0.15) is 0 Å². The van der Waals surface area contributed by atoms with Crippen LogP contribution >= 0.6 is 0 Å². The Morgan fingerprint density at radius 2 is 1.42 bits per heavy atom. The first-order valence-corrected chi connectivity index (χ1v) is 11.0. The van der Waals surface area contributed by atoms with Gasteiger partial charge < -0.3 is 15.3 Å². The molecule has 0 spiro atoms. The second-order valence-electron chi connectivity index (χ2n) is 5.65. The van der Waals surface area contributed by atoms with Gasteiger partial charge in [-0.3, -0.25) is 4.72 Å². The van der Waals surface area contributed by atoms with Gasteiger partial charge in [-0.25, -0.2) is 30.7 Å². The minimum atomic E-state index is -4.22. The van der Waals surface area contributed by atoms with E-state index in [1.165, 1.54) is 42.7 Å². The van der Waals surface area contributed by atoms with Crippen molar-refractivity contribution in [1.82, 2.24) is 14.7 Å². The molecule has 2 amide bonds. The topological polar surface area (TPSA) is 149 Å². The average Bonchev–Trinajstić information content (AvgIpc) is 2.68. The minimum absolute atomic E-state index is 0. The molecule has 0 atom stereocenters. The van der Waals surface area contributed by atoms with Crippen molar-refractivity contribution >= 4 is 37.7 Å². The van der Waals surface area contributed by atoms with Crippen molar-refractivity contribution in [1.29, 1.82) is 0 Å². The summed E-state index contributed by atoms with van der Waals surface area (Å²) >= 11 is 0. The molecule has 2 aromatic carbocycles. The van der Waals surface area contributed by atoms with E-state index in [2.05, 4.69) is 20.0 Å². The van der Waals surface area contributed by atoms with Gasteiger partial charge >= 0.3 is 28.4 Å². The molecule has 14 heteroatoms. The fourth-order valence-electron chi connectivity index (χ4n) is 2.16. The SMILES string of the molecule is O=C(Nc1ccc(S(=O)(=O)[N-]c2ncccn2)cc1)NS(=O)(=O)c1ccc(F)cc1.[Ag+]. The number of halogens is 1. The first-order chi connectivity index (χ1) is 14.2. The smallest absolute Gasteiger partial charge is 0.366 e. The molecule has 0 bridgehead atoms. The first kappa shape index (κ1) is 24.4. The molecule has 0 saturated carbocycles. The van der Waals surface area contributed by atoms with Crippen LogP contribution in [-0.2, 0) is 42.4 Å². The van der Waals surface area contributed by atoms with E-state index in [1.807, 2.05) is 0 Å². The van der Waals surface area contributed by atoms with Crippen molar-refractivity contribution in [2.24, 2.45) is 0 Å². The number of amides is 2. The van der Waals surface area contributed by atoms with Crippen LogP contribution in [0.3, 0.4) is 0 Å². The molecule has 3 aromatic rings. The Balaban J connectivity index is 0.00000341. The Morgan fingerprint density at radius 3 is 2.00 bits per heavy atom. The summed E-state index contributed by atoms with van der Waals surface area (Å²) in [5, 5.41) is 2.25. The van der Waals surface area contributed by atoms with E-state index in [0.29, 0.717) is 0 Å². The Morgan fingerprint density at radius 1 is 0.871 bits per heavy atom. The Labute approximate surface area is 192 Å². The molecular formula is C17H13AgFN5O5S2. The summed E-state index contributed by atoms with van der Waals surface area (Å²) in [4.78, 5) is 18.9. The number of carbonyl (C=O) groups excluding carboxylic acids is 1. The number of hydrogen-bond acceptors (Lipinski definition) is 7. The quantitative estimate of drug-likeness (QED) is 0.442. The van der Waals surface area contributed by atoms with Gasteiger partial charge in [0.2, 0.25) is 10.0 Å². The van der Waals surface area contributed by atoms with Crippen LogP contribution < -0.4 is 10.0 Å². The third-order valence-corrected chi connectivity index (χ3v) is 6.13. The maximum Gasteiger partial charge on any atom is 1.00 e. The normalized spacial score (nSPS) is 11.1. The van der Waals surface area contributed by atoms with Crippen molar-refractivity contribution in [3.8, 4) is 0 Å². The van der Waals surface area contributed by atoms with E-state index in [4.69, 9.17) is 0 Å². The molecule has 3 rings (SSSR count). The zero-order valence-corrected chi connectivity index (χ0v) is 18.3. The van der Waals surface area contributed by atoms with E-state index < -0.39 is 31.9 Å². The van der Waals surface area contributed by atoms with Crippen molar-refractivity contribution in [3.05, 3.63) is 77.5 Å². The number of nitrogens with one attached hydrogen (secondary N) is 2. The summed E-state index contributed by atoms with van der Waals surface area (Å²) in [5.74, 6) is -0.857. The van der Waals surface area contributed by atoms with Gasteiger partial charge in [-0.05, 0) is 60.9 Å². The van der Waals surface area contributed by atoms with Gasteiger partial charge in [0, 0.05) is 11.6 Å². The van der Waals surface area contributed by atoms with Crippen molar-refractivity contribution < 1.29 is 48.4 Å². The van der Waals surface area contributed by atoms with Crippen LogP contribution in [0.2, 0.25) is 0 Å². The predicted octanol–water partition coefficient (Wildman–Crippen LogP) is 2.52. The van der Waals surface area contributed by atoms with Crippen molar-refractivity contribution in [3.63, 3.8) is 0 Å². The summed E-state index contributed by atoms with van der Waals surface area (Å²) in [7, 11) is -8.30. The van der Waals surface area contributed by atoms with E-state index in [1.54, 1.807) is 4.72 Å². The Hall–Kier alpha value is -2.84. The molecule has 0 aliphatic heterocycles. The van der Waals surface area contributed by atoms with E-state index in [9.17, 15) is 26.0 Å². The van der Waals surface area contributed by atoms with Crippen LogP contribution in [0.5, 0.6) is 0 Å². The van der Waals surface area contributed by atoms with Crippen molar-refractivity contribution in [2.75, 3.05) is 5.32 Å². The van der Waals surface area contributed by atoms with Gasteiger partial charge in [0.15, 0.2) is 0 Å². The molecule has 0 unspecified atom stereocenters. The zero-order chi connectivity index (χ0) is 21.8. The second kappa shape index (κ2) is 9.98. The third kappa shape index (κ3) is 6.57. The Bertz CT molecular complexity index is 1260. The fourth-order valence-corrected chi connectivity index (χ4v) is 3.96. The maximum atomic E-state index is 12.9. The van der Waals surface area contributed by atoms with Gasteiger partial charge in [0.1, 0.15) is 5.82 Å². The number of sulfonamides is 2. The molecule has 1 heterocycles. The summed E-state index contributed by atoms with van der Waals surface area (Å²) < 4.78 is 66.9. The molecule has 0 radical (unpaired) electrons. The number of aromatic nitrogens is 2. The molecule has 166 valence electrons. The van der Waals surface area contributed by atoms with Crippen LogP contribution in [0.25, 0.3) is 4.72 Å². The van der Waals surface area contributed by atoms with Crippen molar-refractivity contribution in [2.45, 2.75) is 9.79 Å². The molecule has 1 aromatic heterocycles. The van der Waals surface area contributed by atoms with Crippen LogP contribution in [0.4, 0.5) is 20.8 Å².